The zero-order valence-electron chi connectivity index (χ0n) is 21.4. The van der Waals surface area contributed by atoms with Gasteiger partial charge >= 0.3 is 5.97 Å². The number of carbonyl (C=O) groups is 2. The highest BCUT2D eigenvalue weighted by Gasteiger charge is 2.46. The van der Waals surface area contributed by atoms with Crippen LogP contribution in [0.15, 0.2) is 42.2 Å². The van der Waals surface area contributed by atoms with Gasteiger partial charge in [0.25, 0.3) is 0 Å². The maximum Gasteiger partial charge on any atom is 0.374 e. The highest BCUT2D eigenvalue weighted by Crippen LogP contribution is 2.39. The van der Waals surface area contributed by atoms with Crippen molar-refractivity contribution in [1.82, 2.24) is 5.32 Å². The van der Waals surface area contributed by atoms with Gasteiger partial charge in [0, 0.05) is 6.92 Å². The summed E-state index contributed by atoms with van der Waals surface area (Å²) in [4.78, 5) is 24.9. The standard InChI is InChI=1S/C25H39NO6Si/c1-17(27)26-21-19(32-33(8,9)25(5,6)7)15-20(22(28)31-24(2,3)4)30-23(21)29-16-18-13-11-10-12-14-18/h10-15,19,21,23H,16H2,1-9H3,(H,26,27)/t19-,21+,23-/m0/s1. The van der Waals surface area contributed by atoms with E-state index in [1.54, 1.807) is 26.8 Å². The number of esters is 1. The number of hydrogen-bond donors (Lipinski definition) is 1. The van der Waals surface area contributed by atoms with E-state index in [2.05, 4.69) is 39.2 Å². The summed E-state index contributed by atoms with van der Waals surface area (Å²) < 4.78 is 24.2. The quantitative estimate of drug-likeness (QED) is 0.453. The molecule has 0 saturated carbocycles. The highest BCUT2D eigenvalue weighted by molar-refractivity contribution is 6.74. The molecular formula is C25H39NO6Si. The number of benzene rings is 1. The summed E-state index contributed by atoms with van der Waals surface area (Å²) in [5, 5.41) is 2.83. The maximum atomic E-state index is 12.9. The second kappa shape index (κ2) is 10.4. The average Bonchev–Trinajstić information content (AvgIpc) is 2.66. The zero-order chi connectivity index (χ0) is 25.0. The Labute approximate surface area is 199 Å². The van der Waals surface area contributed by atoms with Crippen LogP contribution >= 0.6 is 0 Å². The van der Waals surface area contributed by atoms with Crippen LogP contribution in [0.3, 0.4) is 0 Å². The van der Waals surface area contributed by atoms with E-state index in [9.17, 15) is 9.59 Å². The Morgan fingerprint density at radius 1 is 1.06 bits per heavy atom. The van der Waals surface area contributed by atoms with Gasteiger partial charge < -0.3 is 24.0 Å². The molecule has 1 aromatic carbocycles. The van der Waals surface area contributed by atoms with Gasteiger partial charge in [0.2, 0.25) is 18.0 Å². The van der Waals surface area contributed by atoms with Crippen LogP contribution in [0.2, 0.25) is 18.1 Å². The van der Waals surface area contributed by atoms with Gasteiger partial charge in [-0.2, -0.15) is 0 Å². The van der Waals surface area contributed by atoms with E-state index in [0.717, 1.165) is 5.56 Å². The number of nitrogens with one attached hydrogen (secondary N) is 1. The van der Waals surface area contributed by atoms with E-state index < -0.39 is 38.3 Å². The monoisotopic (exact) mass is 477 g/mol. The number of rotatable bonds is 7. The van der Waals surface area contributed by atoms with Gasteiger partial charge in [-0.25, -0.2) is 4.79 Å². The van der Waals surface area contributed by atoms with Crippen molar-refractivity contribution < 1.29 is 28.2 Å². The highest BCUT2D eigenvalue weighted by atomic mass is 28.4. The summed E-state index contributed by atoms with van der Waals surface area (Å²) in [5.41, 5.74) is 0.254. The van der Waals surface area contributed by atoms with Crippen molar-refractivity contribution in [2.45, 2.75) is 97.2 Å². The minimum atomic E-state index is -2.27. The molecule has 33 heavy (non-hydrogen) atoms. The molecule has 0 aliphatic carbocycles. The number of amides is 1. The van der Waals surface area contributed by atoms with Crippen molar-refractivity contribution in [2.24, 2.45) is 0 Å². The smallest absolute Gasteiger partial charge is 0.374 e. The van der Waals surface area contributed by atoms with Gasteiger partial charge in [0.1, 0.15) is 11.6 Å². The maximum absolute atomic E-state index is 12.9. The number of carbonyl (C=O) groups excluding carboxylic acids is 2. The fourth-order valence-electron chi connectivity index (χ4n) is 2.99. The molecule has 8 heteroatoms. The fraction of sp³-hybridized carbons (Fsp3) is 0.600. The lowest BCUT2D eigenvalue weighted by Crippen LogP contribution is -2.58. The van der Waals surface area contributed by atoms with E-state index in [1.165, 1.54) is 6.92 Å². The van der Waals surface area contributed by atoms with E-state index in [0.29, 0.717) is 0 Å². The van der Waals surface area contributed by atoms with Crippen LogP contribution in [-0.4, -0.2) is 44.2 Å². The Hall–Kier alpha value is -2.16. The molecule has 1 amide bonds. The molecule has 0 fully saturated rings. The van der Waals surface area contributed by atoms with E-state index in [-0.39, 0.29) is 23.3 Å². The van der Waals surface area contributed by atoms with Gasteiger partial charge in [-0.05, 0) is 50.5 Å². The first kappa shape index (κ1) is 27.1. The Morgan fingerprint density at radius 3 is 2.18 bits per heavy atom. The fourth-order valence-corrected chi connectivity index (χ4v) is 4.24. The molecule has 0 radical (unpaired) electrons. The molecule has 1 heterocycles. The van der Waals surface area contributed by atoms with Crippen LogP contribution in [0, 0.1) is 0 Å². The predicted octanol–water partition coefficient (Wildman–Crippen LogP) is 4.68. The molecule has 7 nitrogen and oxygen atoms in total. The Morgan fingerprint density at radius 2 is 1.67 bits per heavy atom. The topological polar surface area (TPSA) is 83.1 Å². The first-order chi connectivity index (χ1) is 15.1. The van der Waals surface area contributed by atoms with Crippen molar-refractivity contribution in [3.63, 3.8) is 0 Å². The molecular weight excluding hydrogens is 438 g/mol. The summed E-state index contributed by atoms with van der Waals surface area (Å²) in [7, 11) is -2.27. The average molecular weight is 478 g/mol. The summed E-state index contributed by atoms with van der Waals surface area (Å²) >= 11 is 0. The molecule has 3 atom stereocenters. The van der Waals surface area contributed by atoms with Crippen LogP contribution in [0.4, 0.5) is 0 Å². The minimum absolute atomic E-state index is 0.0216. The first-order valence-corrected chi connectivity index (χ1v) is 14.2. The lowest BCUT2D eigenvalue weighted by molar-refractivity contribution is -0.185. The van der Waals surface area contributed by atoms with Gasteiger partial charge in [0.15, 0.2) is 8.32 Å². The Balaban J connectivity index is 2.41. The molecule has 184 valence electrons. The third-order valence-electron chi connectivity index (χ3n) is 5.67. The Kier molecular flexibility index (Phi) is 8.54. The lowest BCUT2D eigenvalue weighted by atomic mass is 10.1. The number of ether oxygens (including phenoxy) is 3. The van der Waals surface area contributed by atoms with Crippen molar-refractivity contribution in [3.8, 4) is 0 Å². The third kappa shape index (κ3) is 7.98. The summed E-state index contributed by atoms with van der Waals surface area (Å²) in [6.07, 6.45) is 0.0561. The van der Waals surface area contributed by atoms with Crippen LogP contribution in [0.5, 0.6) is 0 Å². The van der Waals surface area contributed by atoms with E-state index >= 15 is 0 Å². The van der Waals surface area contributed by atoms with Crippen molar-refractivity contribution in [2.75, 3.05) is 0 Å². The molecule has 1 aromatic rings. The molecule has 1 N–H and O–H groups in total. The van der Waals surface area contributed by atoms with E-state index in [4.69, 9.17) is 18.6 Å². The zero-order valence-corrected chi connectivity index (χ0v) is 22.4. The normalized spacial score (nSPS) is 21.6. The Bertz CT molecular complexity index is 854. The van der Waals surface area contributed by atoms with Crippen LogP contribution < -0.4 is 5.32 Å². The summed E-state index contributed by atoms with van der Waals surface area (Å²) in [5.74, 6) is -0.816. The SMILES string of the molecule is CC(=O)N[C@H]1[C@@H](OCc2ccccc2)OC(C(=O)OC(C)(C)C)=C[C@@H]1O[Si](C)(C)C(C)(C)C. The first-order valence-electron chi connectivity index (χ1n) is 11.3. The molecule has 0 unspecified atom stereocenters. The lowest BCUT2D eigenvalue weighted by Gasteiger charge is -2.43. The van der Waals surface area contributed by atoms with Gasteiger partial charge in [0.05, 0.1) is 12.7 Å². The van der Waals surface area contributed by atoms with Gasteiger partial charge in [-0.15, -0.1) is 0 Å². The molecule has 1 aliphatic heterocycles. The molecule has 0 spiro atoms. The van der Waals surface area contributed by atoms with E-state index in [1.807, 2.05) is 30.3 Å². The van der Waals surface area contributed by atoms with Crippen LogP contribution in [0.25, 0.3) is 0 Å². The largest absolute Gasteiger partial charge is 0.455 e. The molecule has 1 aliphatic rings. The minimum Gasteiger partial charge on any atom is -0.455 e. The molecule has 0 bridgehead atoms. The summed E-state index contributed by atoms with van der Waals surface area (Å²) in [6.45, 7) is 17.7. The molecule has 0 aromatic heterocycles. The molecule has 2 rings (SSSR count). The van der Waals surface area contributed by atoms with Crippen molar-refractivity contribution >= 4 is 20.2 Å². The number of hydrogen-bond acceptors (Lipinski definition) is 6. The van der Waals surface area contributed by atoms with Crippen molar-refractivity contribution in [1.29, 1.82) is 0 Å². The van der Waals surface area contributed by atoms with Crippen LogP contribution in [0.1, 0.15) is 54.0 Å². The summed E-state index contributed by atoms with van der Waals surface area (Å²) in [6, 6.07) is 9.00. The van der Waals surface area contributed by atoms with Gasteiger partial charge in [-0.1, -0.05) is 51.1 Å². The van der Waals surface area contributed by atoms with Crippen molar-refractivity contribution in [3.05, 3.63) is 47.7 Å². The third-order valence-corrected chi connectivity index (χ3v) is 10.1. The molecule has 0 saturated heterocycles. The van der Waals surface area contributed by atoms with Gasteiger partial charge in [-0.3, -0.25) is 4.79 Å². The second-order valence-corrected chi connectivity index (χ2v) is 15.6. The van der Waals surface area contributed by atoms with Crippen LogP contribution in [-0.2, 0) is 34.8 Å². The predicted molar refractivity (Wildman–Crippen MR) is 130 cm³/mol. The second-order valence-electron chi connectivity index (χ2n) is 10.9.